The normalized spacial score (nSPS) is 37.8. The highest BCUT2D eigenvalue weighted by Gasteiger charge is 2.65. The fraction of sp³-hybridized carbons (Fsp3) is 0.594. The molecule has 6 atom stereocenters. The predicted octanol–water partition coefficient (Wildman–Crippen LogP) is 4.92. The van der Waals surface area contributed by atoms with Crippen molar-refractivity contribution >= 4 is 5.97 Å². The van der Waals surface area contributed by atoms with Crippen LogP contribution >= 0.6 is 0 Å². The Morgan fingerprint density at radius 2 is 1.59 bits per heavy atom. The third-order valence-electron chi connectivity index (χ3n) is 10.5. The molecule has 0 amide bonds. The molecule has 2 aliphatic carbocycles. The van der Waals surface area contributed by atoms with E-state index in [1.54, 1.807) is 0 Å². The van der Waals surface area contributed by atoms with E-state index in [2.05, 4.69) is 77.4 Å². The summed E-state index contributed by atoms with van der Waals surface area (Å²) in [6.45, 7) is 8.19. The van der Waals surface area contributed by atoms with Crippen molar-refractivity contribution in [3.63, 3.8) is 0 Å². The van der Waals surface area contributed by atoms with Crippen molar-refractivity contribution in [2.24, 2.45) is 23.2 Å². The van der Waals surface area contributed by atoms with Crippen molar-refractivity contribution in [3.8, 4) is 0 Å². The summed E-state index contributed by atoms with van der Waals surface area (Å²) in [4.78, 5) is 18.3. The Labute approximate surface area is 221 Å². The number of carbonyl (C=O) groups excluding carboxylic acids is 1. The highest BCUT2D eigenvalue weighted by atomic mass is 16.6. The molecule has 2 aromatic rings. The molecule has 5 heteroatoms. The smallest absolute Gasteiger partial charge is 0.310 e. The average Bonchev–Trinajstić information content (AvgIpc) is 3.62. The molecule has 0 aromatic heterocycles. The maximum absolute atomic E-state index is 13.2. The summed E-state index contributed by atoms with van der Waals surface area (Å²) < 4.78 is 12.2. The van der Waals surface area contributed by atoms with E-state index >= 15 is 0 Å². The molecule has 3 aliphatic heterocycles. The lowest BCUT2D eigenvalue weighted by Crippen LogP contribution is -2.52. The van der Waals surface area contributed by atoms with Crippen LogP contribution in [0, 0.1) is 23.2 Å². The average molecular weight is 501 g/mol. The summed E-state index contributed by atoms with van der Waals surface area (Å²) in [5, 5.41) is 0. The first-order valence-corrected chi connectivity index (χ1v) is 14.5. The Balaban J connectivity index is 1.03. The van der Waals surface area contributed by atoms with Crippen molar-refractivity contribution in [1.29, 1.82) is 0 Å². The molecule has 1 spiro atoms. The Morgan fingerprint density at radius 3 is 2.22 bits per heavy atom. The minimum atomic E-state index is 0.0119. The third kappa shape index (κ3) is 4.24. The van der Waals surface area contributed by atoms with Crippen molar-refractivity contribution in [2.45, 2.75) is 56.8 Å². The van der Waals surface area contributed by atoms with Gasteiger partial charge in [-0.15, -0.1) is 0 Å². The van der Waals surface area contributed by atoms with Gasteiger partial charge in [-0.3, -0.25) is 14.6 Å². The van der Waals surface area contributed by atoms with Gasteiger partial charge in [-0.05, 0) is 54.6 Å². The van der Waals surface area contributed by atoms with Crippen molar-refractivity contribution in [3.05, 3.63) is 71.8 Å². The van der Waals surface area contributed by atoms with Crippen LogP contribution in [0.15, 0.2) is 60.7 Å². The van der Waals surface area contributed by atoms with Crippen LogP contribution in [0.2, 0.25) is 0 Å². The minimum Gasteiger partial charge on any atom is -0.462 e. The van der Waals surface area contributed by atoms with Gasteiger partial charge in [0.2, 0.25) is 0 Å². The molecule has 5 nitrogen and oxygen atoms in total. The first-order chi connectivity index (χ1) is 18.0. The van der Waals surface area contributed by atoms with E-state index in [0.29, 0.717) is 11.8 Å². The molecule has 0 radical (unpaired) electrons. The molecule has 5 fully saturated rings. The van der Waals surface area contributed by atoms with Gasteiger partial charge in [0.25, 0.3) is 0 Å². The van der Waals surface area contributed by atoms with E-state index in [-0.39, 0.29) is 35.0 Å². The Morgan fingerprint density at radius 1 is 0.946 bits per heavy atom. The van der Waals surface area contributed by atoms with Crippen LogP contribution in [-0.4, -0.2) is 66.8 Å². The molecule has 196 valence electrons. The van der Waals surface area contributed by atoms with Gasteiger partial charge in [0.1, 0.15) is 6.10 Å². The van der Waals surface area contributed by atoms with Crippen LogP contribution in [0.25, 0.3) is 0 Å². The zero-order valence-electron chi connectivity index (χ0n) is 22.1. The maximum Gasteiger partial charge on any atom is 0.310 e. The molecular weight excluding hydrogens is 460 g/mol. The van der Waals surface area contributed by atoms with Crippen molar-refractivity contribution in [2.75, 3.05) is 39.3 Å². The second-order valence-corrected chi connectivity index (χ2v) is 12.7. The van der Waals surface area contributed by atoms with Crippen LogP contribution in [0.5, 0.6) is 0 Å². The van der Waals surface area contributed by atoms with Gasteiger partial charge in [0, 0.05) is 38.6 Å². The van der Waals surface area contributed by atoms with E-state index < -0.39 is 0 Å². The van der Waals surface area contributed by atoms with Gasteiger partial charge < -0.3 is 9.47 Å². The van der Waals surface area contributed by atoms with Crippen LogP contribution < -0.4 is 0 Å². The third-order valence-corrected chi connectivity index (χ3v) is 10.5. The molecule has 1 unspecified atom stereocenters. The lowest BCUT2D eigenvalue weighted by atomic mass is 9.53. The lowest BCUT2D eigenvalue weighted by Gasteiger charge is -2.51. The van der Waals surface area contributed by atoms with Gasteiger partial charge >= 0.3 is 5.97 Å². The largest absolute Gasteiger partial charge is 0.462 e. The topological polar surface area (TPSA) is 45.3 Å². The number of rotatable bonds is 5. The Hall–Kier alpha value is -2.21. The molecule has 0 bridgehead atoms. The molecule has 2 aromatic carbocycles. The number of nitrogens with zero attached hydrogens (tertiary/aromatic N) is 2. The van der Waals surface area contributed by atoms with E-state index in [4.69, 9.17) is 9.47 Å². The molecule has 2 saturated carbocycles. The van der Waals surface area contributed by atoms with E-state index in [0.717, 1.165) is 52.2 Å². The van der Waals surface area contributed by atoms with Crippen molar-refractivity contribution < 1.29 is 14.3 Å². The first-order valence-electron chi connectivity index (χ1n) is 14.5. The summed E-state index contributed by atoms with van der Waals surface area (Å²) in [6.07, 6.45) is 5.94. The number of fused-ring (bicyclic) bond motifs is 3. The minimum absolute atomic E-state index is 0.0119. The molecule has 5 aliphatic rings. The van der Waals surface area contributed by atoms with Gasteiger partial charge in [-0.25, -0.2) is 0 Å². The molecule has 7 rings (SSSR count). The van der Waals surface area contributed by atoms with E-state index in [1.165, 1.54) is 30.4 Å². The predicted molar refractivity (Wildman–Crippen MR) is 143 cm³/mol. The van der Waals surface area contributed by atoms with E-state index in [1.807, 2.05) is 0 Å². The lowest BCUT2D eigenvalue weighted by molar-refractivity contribution is -0.147. The summed E-state index contributed by atoms with van der Waals surface area (Å²) >= 11 is 0. The van der Waals surface area contributed by atoms with Gasteiger partial charge in [0.15, 0.2) is 0 Å². The second-order valence-electron chi connectivity index (χ2n) is 12.7. The van der Waals surface area contributed by atoms with Gasteiger partial charge in [-0.2, -0.15) is 0 Å². The molecule has 37 heavy (non-hydrogen) atoms. The van der Waals surface area contributed by atoms with Gasteiger partial charge in [-0.1, -0.05) is 67.6 Å². The number of esters is 1. The molecule has 3 saturated heterocycles. The number of epoxide rings is 1. The summed E-state index contributed by atoms with van der Waals surface area (Å²) in [7, 11) is 0. The fourth-order valence-electron chi connectivity index (χ4n) is 8.53. The summed E-state index contributed by atoms with van der Waals surface area (Å²) in [5.41, 5.74) is 3.07. The van der Waals surface area contributed by atoms with Crippen molar-refractivity contribution in [1.82, 2.24) is 9.80 Å². The summed E-state index contributed by atoms with van der Waals surface area (Å²) in [6, 6.07) is 22.0. The second kappa shape index (κ2) is 9.21. The monoisotopic (exact) mass is 500 g/mol. The zero-order valence-corrected chi connectivity index (χ0v) is 22.1. The highest BCUT2D eigenvalue weighted by molar-refractivity contribution is 5.75. The highest BCUT2D eigenvalue weighted by Crippen LogP contribution is 2.62. The van der Waals surface area contributed by atoms with Crippen LogP contribution in [0.1, 0.15) is 56.2 Å². The number of ether oxygens (including phenoxy) is 2. The van der Waals surface area contributed by atoms with Gasteiger partial charge in [0.05, 0.1) is 24.2 Å². The maximum atomic E-state index is 13.2. The number of benzene rings is 2. The number of carbonyl (C=O) groups is 1. The number of hydrogen-bond acceptors (Lipinski definition) is 5. The van der Waals surface area contributed by atoms with E-state index in [9.17, 15) is 4.79 Å². The number of piperazine rings is 1. The fourth-order valence-corrected chi connectivity index (χ4v) is 8.53. The Kier molecular flexibility index (Phi) is 5.95. The first kappa shape index (κ1) is 23.9. The standard InChI is InChI=1S/C32H40N2O3/c1-31-13-8-14-32(22-36-32)28(31)19-25-26(30(35)37-27(25)20-31)21-33-15-17-34(18-16-33)29(23-9-4-2-5-10-23)24-11-6-3-7-12-24/h2-7,9-12,25-29H,8,13-22H2,1H3/t25-,26?,27-,28-,31-,32+/m1/s1. The summed E-state index contributed by atoms with van der Waals surface area (Å²) in [5.74, 6) is 1.00. The number of hydrogen-bond donors (Lipinski definition) is 0. The SMILES string of the molecule is C[C@]12CCC[C@]3(CO3)[C@@H]1C[C@@H]1C(CN3CCN(C(c4ccccc4)c4ccccc4)CC3)C(=O)O[C@@H]1C2. The quantitative estimate of drug-likeness (QED) is 0.431. The molecule has 0 N–H and O–H groups in total. The van der Waals surface area contributed by atoms with Crippen LogP contribution in [-0.2, 0) is 14.3 Å². The van der Waals surface area contributed by atoms with Crippen LogP contribution in [0.3, 0.4) is 0 Å². The zero-order chi connectivity index (χ0) is 25.0. The van der Waals surface area contributed by atoms with Crippen LogP contribution in [0.4, 0.5) is 0 Å². The molecular formula is C32H40N2O3. The Bertz CT molecular complexity index is 1070. The molecule has 3 heterocycles.